The maximum Gasteiger partial charge on any atom is 0.326 e. The normalized spacial score (nSPS) is 18.3. The van der Waals surface area contributed by atoms with Crippen LogP contribution in [0.5, 0.6) is 0 Å². The highest BCUT2D eigenvalue weighted by Crippen LogP contribution is 2.26. The standard InChI is InChI=1S/C22H20N2O5/c25-19(23-11-4-7-18(23)22(28)29)15-8-9-16-17(13-15)21(27)24(20(16)26)12-10-14-5-2-1-3-6-14/h1-3,5-6,8-9,13,18H,4,7,10-12H2,(H,28,29)/t18-/m1/s1. The van der Waals surface area contributed by atoms with Crippen molar-refractivity contribution in [2.75, 3.05) is 13.1 Å². The monoisotopic (exact) mass is 392 g/mol. The predicted octanol–water partition coefficient (Wildman–Crippen LogP) is 2.21. The summed E-state index contributed by atoms with van der Waals surface area (Å²) in [5.74, 6) is -2.26. The number of hydrogen-bond donors (Lipinski definition) is 1. The SMILES string of the molecule is O=C(O)[C@H]1CCCN1C(=O)c1ccc2c(c1)C(=O)N(CCc1ccccc1)C2=O. The molecule has 2 aromatic carbocycles. The van der Waals surface area contributed by atoms with Gasteiger partial charge < -0.3 is 10.0 Å². The van der Waals surface area contributed by atoms with Crippen LogP contribution in [-0.4, -0.2) is 57.7 Å². The number of carboxylic acids is 1. The average molecular weight is 392 g/mol. The number of fused-ring (bicyclic) bond motifs is 1. The summed E-state index contributed by atoms with van der Waals surface area (Å²) in [6, 6.07) is 13.1. The first-order valence-electron chi connectivity index (χ1n) is 9.55. The van der Waals surface area contributed by atoms with Crippen LogP contribution in [0.15, 0.2) is 48.5 Å². The van der Waals surface area contributed by atoms with Gasteiger partial charge in [-0.15, -0.1) is 0 Å². The van der Waals surface area contributed by atoms with Gasteiger partial charge in [0.05, 0.1) is 11.1 Å². The highest BCUT2D eigenvalue weighted by molar-refractivity contribution is 6.22. The van der Waals surface area contributed by atoms with E-state index in [-0.39, 0.29) is 29.1 Å². The molecule has 0 spiro atoms. The minimum Gasteiger partial charge on any atom is -0.480 e. The number of nitrogens with zero attached hydrogens (tertiary/aromatic N) is 2. The molecular weight excluding hydrogens is 372 g/mol. The number of rotatable bonds is 5. The zero-order valence-electron chi connectivity index (χ0n) is 15.7. The van der Waals surface area contributed by atoms with Gasteiger partial charge in [-0.1, -0.05) is 30.3 Å². The maximum atomic E-state index is 12.8. The van der Waals surface area contributed by atoms with Crippen LogP contribution in [0.2, 0.25) is 0 Å². The van der Waals surface area contributed by atoms with Crippen molar-refractivity contribution in [3.8, 4) is 0 Å². The van der Waals surface area contributed by atoms with E-state index in [9.17, 15) is 24.3 Å². The van der Waals surface area contributed by atoms with Gasteiger partial charge in [0.15, 0.2) is 0 Å². The van der Waals surface area contributed by atoms with Gasteiger partial charge in [-0.2, -0.15) is 0 Å². The topological polar surface area (TPSA) is 95.0 Å². The Morgan fingerprint density at radius 2 is 1.72 bits per heavy atom. The molecule has 2 heterocycles. The van der Waals surface area contributed by atoms with Crippen LogP contribution >= 0.6 is 0 Å². The molecule has 2 aromatic rings. The molecule has 0 unspecified atom stereocenters. The Hall–Kier alpha value is -3.48. The lowest BCUT2D eigenvalue weighted by atomic mass is 10.0. The summed E-state index contributed by atoms with van der Waals surface area (Å²) in [6.07, 6.45) is 1.58. The third-order valence-corrected chi connectivity index (χ3v) is 5.48. The Balaban J connectivity index is 1.54. The molecule has 0 radical (unpaired) electrons. The van der Waals surface area contributed by atoms with Gasteiger partial charge in [-0.25, -0.2) is 4.79 Å². The lowest BCUT2D eigenvalue weighted by Crippen LogP contribution is -2.40. The summed E-state index contributed by atoms with van der Waals surface area (Å²) >= 11 is 0. The van der Waals surface area contributed by atoms with E-state index >= 15 is 0 Å². The molecule has 148 valence electrons. The summed E-state index contributed by atoms with van der Waals surface area (Å²) in [5, 5.41) is 9.30. The van der Waals surface area contributed by atoms with Crippen LogP contribution in [0.3, 0.4) is 0 Å². The van der Waals surface area contributed by atoms with Gasteiger partial charge in [0, 0.05) is 18.7 Å². The van der Waals surface area contributed by atoms with Gasteiger partial charge in [0.2, 0.25) is 0 Å². The smallest absolute Gasteiger partial charge is 0.326 e. The molecule has 1 fully saturated rings. The summed E-state index contributed by atoms with van der Waals surface area (Å²) in [7, 11) is 0. The van der Waals surface area contributed by atoms with E-state index in [1.165, 1.54) is 28.0 Å². The Morgan fingerprint density at radius 1 is 1.00 bits per heavy atom. The van der Waals surface area contributed by atoms with E-state index in [4.69, 9.17) is 0 Å². The molecule has 0 saturated carbocycles. The molecule has 2 aliphatic heterocycles. The molecule has 2 aliphatic rings. The van der Waals surface area contributed by atoms with Crippen LogP contribution in [0.25, 0.3) is 0 Å². The minimum absolute atomic E-state index is 0.194. The zero-order chi connectivity index (χ0) is 20.5. The average Bonchev–Trinajstić information content (AvgIpc) is 3.31. The first-order valence-corrected chi connectivity index (χ1v) is 9.55. The maximum absolute atomic E-state index is 12.8. The lowest BCUT2D eigenvalue weighted by Gasteiger charge is -2.21. The number of hydrogen-bond acceptors (Lipinski definition) is 4. The van der Waals surface area contributed by atoms with E-state index in [0.717, 1.165) is 5.56 Å². The largest absolute Gasteiger partial charge is 0.480 e. The highest BCUT2D eigenvalue weighted by Gasteiger charge is 2.38. The number of imide groups is 1. The molecule has 7 heteroatoms. The summed E-state index contributed by atoms with van der Waals surface area (Å²) < 4.78 is 0. The van der Waals surface area contributed by atoms with Gasteiger partial charge in [-0.3, -0.25) is 19.3 Å². The van der Waals surface area contributed by atoms with Crippen LogP contribution in [0.4, 0.5) is 0 Å². The van der Waals surface area contributed by atoms with E-state index in [1.807, 2.05) is 30.3 Å². The van der Waals surface area contributed by atoms with Crippen molar-refractivity contribution in [3.05, 3.63) is 70.8 Å². The second-order valence-electron chi connectivity index (χ2n) is 7.25. The number of carboxylic acid groups (broad SMARTS) is 1. The molecule has 1 atom stereocenters. The molecule has 7 nitrogen and oxygen atoms in total. The van der Waals surface area contributed by atoms with Crippen LogP contribution in [0.1, 0.15) is 49.5 Å². The molecular formula is C22H20N2O5. The Morgan fingerprint density at radius 3 is 2.45 bits per heavy atom. The van der Waals surface area contributed by atoms with Crippen LogP contribution in [0, 0.1) is 0 Å². The lowest BCUT2D eigenvalue weighted by molar-refractivity contribution is -0.141. The number of aliphatic carboxylic acids is 1. The van der Waals surface area contributed by atoms with E-state index in [2.05, 4.69) is 0 Å². The summed E-state index contributed by atoms with van der Waals surface area (Å²) in [5.41, 5.74) is 1.72. The van der Waals surface area contributed by atoms with Crippen LogP contribution in [-0.2, 0) is 11.2 Å². The van der Waals surface area contributed by atoms with Gasteiger partial charge >= 0.3 is 5.97 Å². The second-order valence-corrected chi connectivity index (χ2v) is 7.25. The summed E-state index contributed by atoms with van der Waals surface area (Å²) in [6.45, 7) is 0.621. The fraction of sp³-hybridized carbons (Fsp3) is 0.273. The van der Waals surface area contributed by atoms with E-state index in [0.29, 0.717) is 25.8 Å². The molecule has 3 amide bonds. The van der Waals surface area contributed by atoms with Gasteiger partial charge in [0.1, 0.15) is 6.04 Å². The molecule has 1 N–H and O–H groups in total. The van der Waals surface area contributed by atoms with Crippen molar-refractivity contribution in [3.63, 3.8) is 0 Å². The first kappa shape index (κ1) is 18.9. The number of carbonyl (C=O) groups excluding carboxylic acids is 3. The van der Waals surface area contributed by atoms with Crippen molar-refractivity contribution in [2.24, 2.45) is 0 Å². The number of likely N-dealkylation sites (tertiary alicyclic amines) is 1. The fourth-order valence-corrected chi connectivity index (χ4v) is 3.94. The van der Waals surface area contributed by atoms with E-state index in [1.54, 1.807) is 0 Å². The van der Waals surface area contributed by atoms with Gasteiger partial charge in [-0.05, 0) is 43.0 Å². The molecule has 29 heavy (non-hydrogen) atoms. The third kappa shape index (κ3) is 3.40. The van der Waals surface area contributed by atoms with Gasteiger partial charge in [0.25, 0.3) is 17.7 Å². The predicted molar refractivity (Wildman–Crippen MR) is 104 cm³/mol. The number of amides is 3. The number of benzene rings is 2. The Kier molecular flexibility index (Phi) is 4.88. The van der Waals surface area contributed by atoms with E-state index < -0.39 is 23.8 Å². The van der Waals surface area contributed by atoms with Crippen LogP contribution < -0.4 is 0 Å². The van der Waals surface area contributed by atoms with Crippen molar-refractivity contribution in [1.29, 1.82) is 0 Å². The molecule has 1 saturated heterocycles. The minimum atomic E-state index is -1.03. The molecule has 0 aliphatic carbocycles. The molecule has 0 bridgehead atoms. The fourth-order valence-electron chi connectivity index (χ4n) is 3.94. The summed E-state index contributed by atoms with van der Waals surface area (Å²) in [4.78, 5) is 52.1. The molecule has 4 rings (SSSR count). The Labute approximate surface area is 167 Å². The zero-order valence-corrected chi connectivity index (χ0v) is 15.7. The molecule has 0 aromatic heterocycles. The first-order chi connectivity index (χ1) is 14.0. The van der Waals surface area contributed by atoms with Crippen molar-refractivity contribution in [1.82, 2.24) is 9.80 Å². The quantitative estimate of drug-likeness (QED) is 0.788. The van der Waals surface area contributed by atoms with Crippen molar-refractivity contribution >= 4 is 23.7 Å². The highest BCUT2D eigenvalue weighted by atomic mass is 16.4. The Bertz CT molecular complexity index is 1000. The van der Waals surface area contributed by atoms with Crippen molar-refractivity contribution in [2.45, 2.75) is 25.3 Å². The third-order valence-electron chi connectivity index (χ3n) is 5.48. The number of carbonyl (C=O) groups is 4. The second kappa shape index (κ2) is 7.50. The van der Waals surface area contributed by atoms with Crippen molar-refractivity contribution < 1.29 is 24.3 Å².